The Balaban J connectivity index is 1.78. The van der Waals surface area contributed by atoms with E-state index in [4.69, 9.17) is 16.3 Å². The van der Waals surface area contributed by atoms with E-state index >= 15 is 0 Å². The molecule has 0 spiro atoms. The predicted molar refractivity (Wildman–Crippen MR) is 67.9 cm³/mol. The highest BCUT2D eigenvalue weighted by molar-refractivity contribution is 6.30. The number of ether oxygens (including phenoxy) is 1. The van der Waals surface area contributed by atoms with Crippen molar-refractivity contribution < 1.29 is 9.94 Å². The van der Waals surface area contributed by atoms with Gasteiger partial charge in [-0.2, -0.15) is 0 Å². The smallest absolute Gasteiger partial charge is 0.199 e. The molecule has 2 atom stereocenters. The van der Waals surface area contributed by atoms with Crippen LogP contribution >= 0.6 is 11.6 Å². The number of nitrogens with zero attached hydrogens (tertiary/aromatic N) is 2. The predicted octanol–water partition coefficient (Wildman–Crippen LogP) is 1.94. The summed E-state index contributed by atoms with van der Waals surface area (Å²) in [6, 6.07) is 5.47. The molecule has 2 N–H and O–H groups in total. The lowest BCUT2D eigenvalue weighted by atomic mass is 10.1. The van der Waals surface area contributed by atoms with E-state index in [2.05, 4.69) is 10.3 Å². The van der Waals surface area contributed by atoms with Crippen LogP contribution in [-0.4, -0.2) is 29.4 Å². The van der Waals surface area contributed by atoms with E-state index in [1.54, 1.807) is 24.6 Å². The lowest BCUT2D eigenvalue weighted by Gasteiger charge is -2.26. The molecule has 3 rings (SSSR count). The number of allylic oxidation sites excluding steroid dienone is 1. The first-order chi connectivity index (χ1) is 8.74. The van der Waals surface area contributed by atoms with Crippen LogP contribution in [0.4, 0.5) is 0 Å². The lowest BCUT2D eigenvalue weighted by Crippen LogP contribution is -2.43. The number of halogens is 1. The minimum Gasteiger partial charge on any atom is -0.491 e. The van der Waals surface area contributed by atoms with Gasteiger partial charge in [-0.3, -0.25) is 15.5 Å². The Labute approximate surface area is 109 Å². The van der Waals surface area contributed by atoms with E-state index in [-0.39, 0.29) is 6.04 Å². The molecule has 6 heteroatoms. The van der Waals surface area contributed by atoms with Gasteiger partial charge in [0.2, 0.25) is 0 Å². The van der Waals surface area contributed by atoms with Crippen molar-refractivity contribution in [2.45, 2.75) is 12.3 Å². The second-order valence-corrected chi connectivity index (χ2v) is 4.54. The minimum atomic E-state index is -0.506. The summed E-state index contributed by atoms with van der Waals surface area (Å²) in [5.41, 5.74) is 0.987. The number of aliphatic imine (C=N–C) groups is 1. The molecule has 1 aromatic rings. The molecular weight excluding hydrogens is 254 g/mol. The SMILES string of the molecule is ON1C=CC=N[C@H]1NC1COc2ccc(Cl)cc21. The van der Waals surface area contributed by atoms with Gasteiger partial charge in [-0.15, -0.1) is 0 Å². The molecule has 0 radical (unpaired) electrons. The fourth-order valence-corrected chi connectivity index (χ4v) is 2.21. The molecule has 0 fully saturated rings. The molecule has 0 saturated heterocycles. The summed E-state index contributed by atoms with van der Waals surface area (Å²) in [5, 5.41) is 14.5. The molecule has 0 saturated carbocycles. The van der Waals surface area contributed by atoms with Crippen LogP contribution < -0.4 is 10.1 Å². The average molecular weight is 266 g/mol. The minimum absolute atomic E-state index is 0.0398. The van der Waals surface area contributed by atoms with Gasteiger partial charge in [0.15, 0.2) is 6.29 Å². The number of rotatable bonds is 2. The highest BCUT2D eigenvalue weighted by Gasteiger charge is 2.28. The quantitative estimate of drug-likeness (QED) is 0.858. The largest absolute Gasteiger partial charge is 0.491 e. The number of fused-ring (bicyclic) bond motifs is 1. The molecule has 94 valence electrons. The molecular formula is C12H12ClN3O2. The number of hydroxylamine groups is 2. The van der Waals surface area contributed by atoms with Crippen molar-refractivity contribution >= 4 is 17.8 Å². The van der Waals surface area contributed by atoms with E-state index < -0.39 is 6.29 Å². The highest BCUT2D eigenvalue weighted by atomic mass is 35.5. The molecule has 1 aromatic carbocycles. The van der Waals surface area contributed by atoms with Crippen molar-refractivity contribution in [3.8, 4) is 5.75 Å². The van der Waals surface area contributed by atoms with Crippen molar-refractivity contribution in [2.75, 3.05) is 6.61 Å². The Bertz CT molecular complexity index is 518. The maximum Gasteiger partial charge on any atom is 0.199 e. The zero-order valence-corrected chi connectivity index (χ0v) is 10.2. The van der Waals surface area contributed by atoms with Crippen LogP contribution in [0.5, 0.6) is 5.75 Å². The third kappa shape index (κ3) is 2.08. The number of hydrogen-bond acceptors (Lipinski definition) is 5. The Morgan fingerprint density at radius 1 is 1.50 bits per heavy atom. The summed E-state index contributed by atoms with van der Waals surface area (Å²) in [5.74, 6) is 0.816. The van der Waals surface area contributed by atoms with Gasteiger partial charge in [-0.05, 0) is 24.3 Å². The zero-order chi connectivity index (χ0) is 12.5. The van der Waals surface area contributed by atoms with Gasteiger partial charge in [-0.25, -0.2) is 5.06 Å². The van der Waals surface area contributed by atoms with E-state index in [1.807, 2.05) is 12.1 Å². The van der Waals surface area contributed by atoms with Crippen molar-refractivity contribution in [3.63, 3.8) is 0 Å². The molecule has 5 nitrogen and oxygen atoms in total. The van der Waals surface area contributed by atoms with Gasteiger partial charge in [0.05, 0.1) is 6.04 Å². The summed E-state index contributed by atoms with van der Waals surface area (Å²) in [4.78, 5) is 4.13. The first-order valence-corrected chi connectivity index (χ1v) is 5.97. The summed E-state index contributed by atoms with van der Waals surface area (Å²) in [6.07, 6.45) is 4.33. The fourth-order valence-electron chi connectivity index (χ4n) is 2.03. The molecule has 0 aromatic heterocycles. The van der Waals surface area contributed by atoms with Crippen LogP contribution in [0.15, 0.2) is 35.5 Å². The monoisotopic (exact) mass is 265 g/mol. The average Bonchev–Trinajstić information content (AvgIpc) is 2.75. The lowest BCUT2D eigenvalue weighted by molar-refractivity contribution is -0.0911. The Hall–Kier alpha value is -1.56. The maximum atomic E-state index is 9.64. The number of benzene rings is 1. The van der Waals surface area contributed by atoms with Crippen molar-refractivity contribution in [1.29, 1.82) is 0 Å². The van der Waals surface area contributed by atoms with E-state index in [9.17, 15) is 5.21 Å². The molecule has 1 unspecified atom stereocenters. The van der Waals surface area contributed by atoms with Gasteiger partial charge in [0.25, 0.3) is 0 Å². The Morgan fingerprint density at radius 2 is 2.39 bits per heavy atom. The van der Waals surface area contributed by atoms with Crippen LogP contribution in [0, 0.1) is 0 Å². The van der Waals surface area contributed by atoms with Gasteiger partial charge in [-0.1, -0.05) is 11.6 Å². The molecule has 2 aliphatic rings. The fraction of sp³-hybridized carbons (Fsp3) is 0.250. The highest BCUT2D eigenvalue weighted by Crippen LogP contribution is 2.34. The van der Waals surface area contributed by atoms with E-state index in [0.717, 1.165) is 16.4 Å². The van der Waals surface area contributed by atoms with Crippen molar-refractivity contribution in [1.82, 2.24) is 10.4 Å². The van der Waals surface area contributed by atoms with Crippen molar-refractivity contribution in [3.05, 3.63) is 41.1 Å². The van der Waals surface area contributed by atoms with Crippen LogP contribution in [0.25, 0.3) is 0 Å². The molecule has 18 heavy (non-hydrogen) atoms. The third-order valence-electron chi connectivity index (χ3n) is 2.91. The van der Waals surface area contributed by atoms with Crippen LogP contribution in [-0.2, 0) is 0 Å². The van der Waals surface area contributed by atoms with Crippen LogP contribution in [0.2, 0.25) is 5.02 Å². The van der Waals surface area contributed by atoms with E-state index in [1.165, 1.54) is 0 Å². The van der Waals surface area contributed by atoms with Crippen molar-refractivity contribution in [2.24, 2.45) is 4.99 Å². The topological polar surface area (TPSA) is 57.1 Å². The summed E-state index contributed by atoms with van der Waals surface area (Å²) in [7, 11) is 0. The molecule has 0 amide bonds. The number of hydrogen-bond donors (Lipinski definition) is 2. The van der Waals surface area contributed by atoms with Crippen LogP contribution in [0.3, 0.4) is 0 Å². The van der Waals surface area contributed by atoms with Gasteiger partial charge < -0.3 is 4.74 Å². The Kier molecular flexibility index (Phi) is 2.95. The number of nitrogens with one attached hydrogen (secondary N) is 1. The Morgan fingerprint density at radius 3 is 3.22 bits per heavy atom. The molecule has 0 bridgehead atoms. The summed E-state index contributed by atoms with van der Waals surface area (Å²) in [6.45, 7) is 0.499. The van der Waals surface area contributed by atoms with Gasteiger partial charge in [0, 0.05) is 23.0 Å². The second kappa shape index (κ2) is 4.61. The molecule has 0 aliphatic carbocycles. The summed E-state index contributed by atoms with van der Waals surface area (Å²) >= 11 is 5.98. The third-order valence-corrected chi connectivity index (χ3v) is 3.14. The molecule has 2 heterocycles. The van der Waals surface area contributed by atoms with Gasteiger partial charge >= 0.3 is 0 Å². The first kappa shape index (κ1) is 11.5. The first-order valence-electron chi connectivity index (χ1n) is 5.59. The van der Waals surface area contributed by atoms with E-state index in [0.29, 0.717) is 11.6 Å². The van der Waals surface area contributed by atoms with Crippen LogP contribution in [0.1, 0.15) is 11.6 Å². The normalized spacial score (nSPS) is 25.1. The zero-order valence-electron chi connectivity index (χ0n) is 9.45. The summed E-state index contributed by atoms with van der Waals surface area (Å²) < 4.78 is 5.55. The standard InChI is InChI=1S/C12H12ClN3O2/c13-8-2-3-11-9(6-8)10(7-18-11)15-12-14-4-1-5-16(12)17/h1-6,10,12,15,17H,7H2/t10?,12-/m0/s1. The maximum absolute atomic E-state index is 9.64. The second-order valence-electron chi connectivity index (χ2n) is 4.11. The molecule has 2 aliphatic heterocycles. The van der Waals surface area contributed by atoms with Gasteiger partial charge in [0.1, 0.15) is 12.4 Å².